The van der Waals surface area contributed by atoms with Gasteiger partial charge in [-0.15, -0.1) is 0 Å². The van der Waals surface area contributed by atoms with Gasteiger partial charge >= 0.3 is 5.97 Å². The third-order valence-corrected chi connectivity index (χ3v) is 10.6. The summed E-state index contributed by atoms with van der Waals surface area (Å²) in [5.74, 6) is 1.23. The van der Waals surface area contributed by atoms with Gasteiger partial charge in [0.2, 0.25) is 0 Å². The Morgan fingerprint density at radius 2 is 1.79 bits per heavy atom. The van der Waals surface area contributed by atoms with Crippen LogP contribution in [0.4, 0.5) is 0 Å². The van der Waals surface area contributed by atoms with E-state index in [1.54, 1.807) is 16.7 Å². The van der Waals surface area contributed by atoms with Crippen LogP contribution in [-0.2, 0) is 4.74 Å². The molecule has 0 spiro atoms. The lowest BCUT2D eigenvalue weighted by atomic mass is 9.46. The molecule has 3 nitrogen and oxygen atoms in total. The molecule has 1 fully saturated rings. The molecule has 0 heterocycles. The van der Waals surface area contributed by atoms with E-state index in [0.717, 1.165) is 32.1 Å². The smallest absolute Gasteiger partial charge is 0.338 e. The van der Waals surface area contributed by atoms with Crippen molar-refractivity contribution in [3.63, 3.8) is 0 Å². The fourth-order valence-corrected chi connectivity index (χ4v) is 8.67. The first-order valence-corrected chi connectivity index (χ1v) is 13.4. The first-order valence-electron chi connectivity index (χ1n) is 13.4. The maximum atomic E-state index is 12.9. The van der Waals surface area contributed by atoms with Crippen molar-refractivity contribution in [3.8, 4) is 0 Å². The van der Waals surface area contributed by atoms with Crippen molar-refractivity contribution in [3.05, 3.63) is 58.7 Å². The van der Waals surface area contributed by atoms with Crippen LogP contribution in [-0.4, -0.2) is 23.8 Å². The Morgan fingerprint density at radius 1 is 1.06 bits per heavy atom. The van der Waals surface area contributed by atoms with Gasteiger partial charge in [0.1, 0.15) is 6.10 Å². The van der Waals surface area contributed by atoms with E-state index in [9.17, 15) is 9.90 Å². The molecular weight excluding hydrogens is 420 g/mol. The molecule has 4 aliphatic rings. The van der Waals surface area contributed by atoms with E-state index in [1.807, 2.05) is 30.3 Å². The zero-order chi connectivity index (χ0) is 24.3. The Labute approximate surface area is 205 Å². The number of carbonyl (C=O) groups is 1. The second-order valence-electron chi connectivity index (χ2n) is 12.6. The quantitative estimate of drug-likeness (QED) is 0.485. The molecule has 0 aliphatic heterocycles. The number of aliphatic hydroxyl groups is 1. The van der Waals surface area contributed by atoms with Crippen LogP contribution in [0.2, 0.25) is 0 Å². The minimum absolute atomic E-state index is 0.0465. The Balaban J connectivity index is 1.41. The van der Waals surface area contributed by atoms with Gasteiger partial charge in [0.15, 0.2) is 0 Å². The van der Waals surface area contributed by atoms with Gasteiger partial charge in [0.25, 0.3) is 0 Å². The molecule has 0 saturated heterocycles. The molecule has 4 aliphatic carbocycles. The number of hydrogen-bond acceptors (Lipinski definition) is 3. The van der Waals surface area contributed by atoms with Gasteiger partial charge in [-0.1, -0.05) is 64.5 Å². The molecule has 1 N–H and O–H groups in total. The predicted molar refractivity (Wildman–Crippen MR) is 136 cm³/mol. The summed E-state index contributed by atoms with van der Waals surface area (Å²) in [5, 5.41) is 9.87. The fraction of sp³-hybridized carbons (Fsp3) is 0.645. The first-order chi connectivity index (χ1) is 16.1. The molecule has 1 saturated carbocycles. The van der Waals surface area contributed by atoms with E-state index in [-0.39, 0.29) is 34.9 Å². The van der Waals surface area contributed by atoms with E-state index >= 15 is 0 Å². The van der Waals surface area contributed by atoms with Crippen molar-refractivity contribution in [2.75, 3.05) is 6.61 Å². The summed E-state index contributed by atoms with van der Waals surface area (Å²) in [6.07, 6.45) is 10.3. The molecule has 0 amide bonds. The van der Waals surface area contributed by atoms with Crippen molar-refractivity contribution >= 4 is 5.97 Å². The number of rotatable bonds is 4. The SMILES string of the molecule is CC(CO)C1CC=C2C3=C(CCC21C)C1(C)CCC(OC(=O)c2ccccc2)C(C)(C)C1CC3. The maximum Gasteiger partial charge on any atom is 0.338 e. The number of aliphatic hydroxyl groups excluding tert-OH is 1. The highest BCUT2D eigenvalue weighted by Gasteiger charge is 2.58. The highest BCUT2D eigenvalue weighted by Crippen LogP contribution is 2.66. The van der Waals surface area contributed by atoms with Gasteiger partial charge in [-0.3, -0.25) is 0 Å². The zero-order valence-corrected chi connectivity index (χ0v) is 21.7. The number of esters is 1. The highest BCUT2D eigenvalue weighted by atomic mass is 16.5. The molecule has 1 aromatic carbocycles. The monoisotopic (exact) mass is 462 g/mol. The van der Waals surface area contributed by atoms with Crippen LogP contribution in [0.3, 0.4) is 0 Å². The van der Waals surface area contributed by atoms with E-state index in [2.05, 4.69) is 40.7 Å². The maximum absolute atomic E-state index is 12.9. The van der Waals surface area contributed by atoms with E-state index in [1.165, 1.54) is 12.8 Å². The normalized spacial score (nSPS) is 37.2. The zero-order valence-electron chi connectivity index (χ0n) is 21.7. The van der Waals surface area contributed by atoms with Gasteiger partial charge < -0.3 is 9.84 Å². The van der Waals surface area contributed by atoms with Crippen molar-refractivity contribution in [2.45, 2.75) is 85.7 Å². The standard InChI is InChI=1S/C31H42O3/c1-20(19-32)23-12-13-24-22-11-14-26-29(2,3)27(34-28(33)21-9-7-6-8-10-21)16-18-31(26,5)25(22)15-17-30(23,24)4/h6-10,13,20,23,26-27,32H,11-12,14-19H2,1-5H3. The third kappa shape index (κ3) is 3.45. The Hall–Kier alpha value is -1.87. The molecule has 34 heavy (non-hydrogen) atoms. The van der Waals surface area contributed by atoms with Gasteiger partial charge in [0, 0.05) is 12.0 Å². The summed E-state index contributed by atoms with van der Waals surface area (Å²) in [4.78, 5) is 12.9. The van der Waals surface area contributed by atoms with Crippen LogP contribution in [0.5, 0.6) is 0 Å². The number of fused-ring (bicyclic) bond motifs is 4. The summed E-state index contributed by atoms with van der Waals surface area (Å²) < 4.78 is 6.17. The van der Waals surface area contributed by atoms with Crippen molar-refractivity contribution in [1.29, 1.82) is 0 Å². The fourth-order valence-electron chi connectivity index (χ4n) is 8.67. The van der Waals surface area contributed by atoms with Gasteiger partial charge in [-0.05, 0) is 96.8 Å². The lowest BCUT2D eigenvalue weighted by molar-refractivity contribution is -0.0993. The summed E-state index contributed by atoms with van der Waals surface area (Å²) in [6, 6.07) is 9.42. The van der Waals surface area contributed by atoms with Crippen LogP contribution < -0.4 is 0 Å². The van der Waals surface area contributed by atoms with Crippen LogP contribution in [0.25, 0.3) is 0 Å². The van der Waals surface area contributed by atoms with Crippen molar-refractivity contribution < 1.29 is 14.6 Å². The van der Waals surface area contributed by atoms with Crippen LogP contribution in [0.15, 0.2) is 53.1 Å². The summed E-state index contributed by atoms with van der Waals surface area (Å²) in [6.45, 7) is 12.1. The summed E-state index contributed by atoms with van der Waals surface area (Å²) >= 11 is 0. The van der Waals surface area contributed by atoms with E-state index in [4.69, 9.17) is 4.74 Å². The minimum atomic E-state index is -0.188. The van der Waals surface area contributed by atoms with Crippen LogP contribution in [0.1, 0.15) is 89.9 Å². The minimum Gasteiger partial charge on any atom is -0.458 e. The first kappa shape index (κ1) is 23.9. The second kappa shape index (κ2) is 8.36. The number of allylic oxidation sites excluding steroid dienone is 4. The Kier molecular flexibility index (Phi) is 5.87. The third-order valence-electron chi connectivity index (χ3n) is 10.6. The van der Waals surface area contributed by atoms with Gasteiger partial charge in [0.05, 0.1) is 5.56 Å². The Morgan fingerprint density at radius 3 is 2.50 bits per heavy atom. The van der Waals surface area contributed by atoms with Crippen LogP contribution >= 0.6 is 0 Å². The molecule has 6 atom stereocenters. The molecule has 184 valence electrons. The second-order valence-corrected chi connectivity index (χ2v) is 12.6. The molecule has 0 bridgehead atoms. The van der Waals surface area contributed by atoms with E-state index in [0.29, 0.717) is 23.3 Å². The molecule has 5 rings (SSSR count). The number of benzene rings is 1. The average molecular weight is 463 g/mol. The number of hydrogen-bond donors (Lipinski definition) is 1. The number of carbonyl (C=O) groups excluding carboxylic acids is 1. The van der Waals surface area contributed by atoms with E-state index < -0.39 is 0 Å². The molecular formula is C31H42O3. The van der Waals surface area contributed by atoms with Gasteiger partial charge in [-0.25, -0.2) is 4.79 Å². The molecule has 3 heteroatoms. The average Bonchev–Trinajstić information content (AvgIpc) is 3.18. The molecule has 6 unspecified atom stereocenters. The highest BCUT2D eigenvalue weighted by molar-refractivity contribution is 5.89. The van der Waals surface area contributed by atoms with Crippen molar-refractivity contribution in [2.24, 2.45) is 34.0 Å². The summed E-state index contributed by atoms with van der Waals surface area (Å²) in [5.41, 5.74) is 5.93. The van der Waals surface area contributed by atoms with Crippen LogP contribution in [0, 0.1) is 34.0 Å². The number of ether oxygens (including phenoxy) is 1. The summed E-state index contributed by atoms with van der Waals surface area (Å²) in [7, 11) is 0. The molecule has 0 radical (unpaired) electrons. The molecule has 0 aromatic heterocycles. The molecule has 1 aromatic rings. The van der Waals surface area contributed by atoms with Gasteiger partial charge in [-0.2, -0.15) is 0 Å². The van der Waals surface area contributed by atoms with Crippen molar-refractivity contribution in [1.82, 2.24) is 0 Å². The predicted octanol–water partition coefficient (Wildman–Crippen LogP) is 7.12. The Bertz CT molecular complexity index is 1020. The lowest BCUT2D eigenvalue weighted by Crippen LogP contribution is -2.54. The lowest BCUT2D eigenvalue weighted by Gasteiger charge is -2.59. The topological polar surface area (TPSA) is 46.5 Å². The largest absolute Gasteiger partial charge is 0.458 e.